The van der Waals surface area contributed by atoms with Gasteiger partial charge in [0, 0.05) is 10.1 Å². The molecule has 0 saturated heterocycles. The number of hydrogen-bond acceptors (Lipinski definition) is 2. The maximum Gasteiger partial charge on any atom is 0.0594 e. The minimum absolute atomic E-state index is 0.0324. The SMILES string of the molecule is CC(C)C(CCC(C)C1CCC2(C)C3=C(CCC12C)C1(C)CCC(O)C(C)(C)C1CC3)Sc1ccccc1. The van der Waals surface area contributed by atoms with E-state index in [0.717, 1.165) is 18.3 Å². The first-order valence-electron chi connectivity index (χ1n) is 16.0. The maximum atomic E-state index is 10.9. The highest BCUT2D eigenvalue weighted by Gasteiger charge is 2.63. The highest BCUT2D eigenvalue weighted by atomic mass is 32.2. The standard InChI is InChI=1S/C36H56OS/c1-24(2)30(38-26-12-10-9-11-13-26)16-14-25(3)27-18-22-36(8)29-15-17-31-33(4,5)32(37)20-21-34(31,6)28(29)19-23-35(27,36)7/h9-13,24-25,27,30-32,37H,14-23H2,1-8H3. The normalized spacial score (nSPS) is 39.9. The van der Waals surface area contributed by atoms with E-state index in [-0.39, 0.29) is 11.5 Å². The molecular formula is C36H56OS. The monoisotopic (exact) mass is 536 g/mol. The van der Waals surface area contributed by atoms with Crippen LogP contribution in [0.25, 0.3) is 0 Å². The minimum atomic E-state index is -0.140. The van der Waals surface area contributed by atoms with Crippen LogP contribution >= 0.6 is 11.8 Å². The Balaban J connectivity index is 1.34. The molecule has 2 heteroatoms. The molecule has 1 aromatic carbocycles. The van der Waals surface area contributed by atoms with Crippen LogP contribution in [0.5, 0.6) is 0 Å². The Morgan fingerprint density at radius 2 is 1.55 bits per heavy atom. The van der Waals surface area contributed by atoms with E-state index in [4.69, 9.17) is 0 Å². The van der Waals surface area contributed by atoms with Gasteiger partial charge >= 0.3 is 0 Å². The van der Waals surface area contributed by atoms with Gasteiger partial charge in [-0.05, 0) is 122 Å². The van der Waals surface area contributed by atoms with Gasteiger partial charge in [-0.1, -0.05) is 84.7 Å². The van der Waals surface area contributed by atoms with Crippen molar-refractivity contribution in [1.29, 1.82) is 0 Å². The molecular weight excluding hydrogens is 480 g/mol. The van der Waals surface area contributed by atoms with Crippen molar-refractivity contribution in [3.05, 3.63) is 41.5 Å². The Bertz CT molecular complexity index is 1030. The summed E-state index contributed by atoms with van der Waals surface area (Å²) in [5.41, 5.74) is 4.85. The summed E-state index contributed by atoms with van der Waals surface area (Å²) in [6.45, 7) is 20.1. The van der Waals surface area contributed by atoms with Crippen molar-refractivity contribution in [2.24, 2.45) is 45.3 Å². The second-order valence-electron chi connectivity index (χ2n) is 15.5. The molecule has 0 aromatic heterocycles. The van der Waals surface area contributed by atoms with Crippen LogP contribution in [0.3, 0.4) is 0 Å². The molecule has 38 heavy (non-hydrogen) atoms. The van der Waals surface area contributed by atoms with Gasteiger partial charge in [0.05, 0.1) is 6.10 Å². The summed E-state index contributed by atoms with van der Waals surface area (Å²) < 4.78 is 0. The molecule has 2 saturated carbocycles. The average molecular weight is 537 g/mol. The molecule has 2 fully saturated rings. The van der Waals surface area contributed by atoms with Gasteiger partial charge in [0.2, 0.25) is 0 Å². The Morgan fingerprint density at radius 1 is 0.842 bits per heavy atom. The number of allylic oxidation sites excluding steroid dienone is 2. The Hall–Kier alpha value is -0.730. The van der Waals surface area contributed by atoms with Crippen LogP contribution in [0.2, 0.25) is 0 Å². The molecule has 0 heterocycles. The number of aliphatic hydroxyl groups excluding tert-OH is 1. The molecule has 4 aliphatic rings. The van der Waals surface area contributed by atoms with Gasteiger partial charge in [-0.3, -0.25) is 0 Å². The fraction of sp³-hybridized carbons (Fsp3) is 0.778. The molecule has 8 unspecified atom stereocenters. The number of hydrogen-bond donors (Lipinski definition) is 1. The molecule has 1 nitrogen and oxygen atoms in total. The molecule has 1 N–H and O–H groups in total. The highest BCUT2D eigenvalue weighted by Crippen LogP contribution is 2.72. The molecule has 0 radical (unpaired) electrons. The lowest BCUT2D eigenvalue weighted by Crippen LogP contribution is -2.55. The van der Waals surface area contributed by atoms with Crippen LogP contribution in [-0.4, -0.2) is 16.5 Å². The Labute approximate surface area is 239 Å². The van der Waals surface area contributed by atoms with Crippen LogP contribution in [0, 0.1) is 45.3 Å². The van der Waals surface area contributed by atoms with Crippen LogP contribution in [0.4, 0.5) is 0 Å². The minimum Gasteiger partial charge on any atom is -0.393 e. The number of thioether (sulfide) groups is 1. The maximum absolute atomic E-state index is 10.9. The third-order valence-corrected chi connectivity index (χ3v) is 14.8. The van der Waals surface area contributed by atoms with Gasteiger partial charge in [-0.15, -0.1) is 11.8 Å². The smallest absolute Gasteiger partial charge is 0.0594 e. The summed E-state index contributed by atoms with van der Waals surface area (Å²) in [5.74, 6) is 2.95. The molecule has 0 bridgehead atoms. The van der Waals surface area contributed by atoms with Crippen molar-refractivity contribution in [3.63, 3.8) is 0 Å². The fourth-order valence-corrected chi connectivity index (χ4v) is 11.6. The van der Waals surface area contributed by atoms with Gasteiger partial charge in [-0.25, -0.2) is 0 Å². The van der Waals surface area contributed by atoms with Crippen molar-refractivity contribution in [2.75, 3.05) is 0 Å². The molecule has 5 rings (SSSR count). The van der Waals surface area contributed by atoms with E-state index in [1.165, 1.54) is 62.7 Å². The third kappa shape index (κ3) is 4.47. The third-order valence-electron chi connectivity index (χ3n) is 13.2. The summed E-state index contributed by atoms with van der Waals surface area (Å²) in [6.07, 6.45) is 12.7. The molecule has 0 amide bonds. The Kier molecular flexibility index (Phi) is 7.78. The van der Waals surface area contributed by atoms with Crippen LogP contribution < -0.4 is 0 Å². The molecule has 0 spiro atoms. The van der Waals surface area contributed by atoms with E-state index in [0.29, 0.717) is 33.3 Å². The van der Waals surface area contributed by atoms with E-state index in [2.05, 4.69) is 97.5 Å². The number of aliphatic hydroxyl groups is 1. The summed E-state index contributed by atoms with van der Waals surface area (Å²) in [7, 11) is 0. The molecule has 4 aliphatic carbocycles. The van der Waals surface area contributed by atoms with E-state index in [1.807, 2.05) is 11.1 Å². The van der Waals surface area contributed by atoms with Gasteiger partial charge in [0.1, 0.15) is 0 Å². The zero-order valence-corrected chi connectivity index (χ0v) is 26.6. The van der Waals surface area contributed by atoms with Crippen molar-refractivity contribution in [2.45, 2.75) is 136 Å². The number of fused-ring (bicyclic) bond motifs is 4. The van der Waals surface area contributed by atoms with Gasteiger partial charge in [0.15, 0.2) is 0 Å². The first kappa shape index (κ1) is 28.8. The lowest BCUT2D eigenvalue weighted by molar-refractivity contribution is -0.0962. The largest absolute Gasteiger partial charge is 0.393 e. The predicted octanol–water partition coefficient (Wildman–Crippen LogP) is 10.3. The summed E-state index contributed by atoms with van der Waals surface area (Å²) in [6, 6.07) is 11.1. The zero-order valence-electron chi connectivity index (χ0n) is 25.8. The summed E-state index contributed by atoms with van der Waals surface area (Å²) in [5, 5.41) is 11.6. The number of benzene rings is 1. The van der Waals surface area contributed by atoms with E-state index in [1.54, 1.807) is 0 Å². The second-order valence-corrected chi connectivity index (χ2v) is 16.8. The Morgan fingerprint density at radius 3 is 2.24 bits per heavy atom. The quantitative estimate of drug-likeness (QED) is 0.276. The van der Waals surface area contributed by atoms with Gasteiger partial charge in [0.25, 0.3) is 0 Å². The summed E-state index contributed by atoms with van der Waals surface area (Å²) in [4.78, 5) is 1.42. The van der Waals surface area contributed by atoms with Gasteiger partial charge < -0.3 is 5.11 Å². The molecule has 8 atom stereocenters. The second kappa shape index (κ2) is 10.3. The topological polar surface area (TPSA) is 20.2 Å². The summed E-state index contributed by atoms with van der Waals surface area (Å²) >= 11 is 2.10. The van der Waals surface area contributed by atoms with Crippen molar-refractivity contribution in [3.8, 4) is 0 Å². The van der Waals surface area contributed by atoms with E-state index in [9.17, 15) is 5.11 Å². The van der Waals surface area contributed by atoms with Crippen LogP contribution in [0.1, 0.15) is 120 Å². The predicted molar refractivity (Wildman–Crippen MR) is 164 cm³/mol. The fourth-order valence-electron chi connectivity index (χ4n) is 10.5. The lowest BCUT2D eigenvalue weighted by Gasteiger charge is -2.62. The average Bonchev–Trinajstić information content (AvgIpc) is 3.16. The van der Waals surface area contributed by atoms with Gasteiger partial charge in [-0.2, -0.15) is 0 Å². The van der Waals surface area contributed by atoms with Crippen molar-refractivity contribution < 1.29 is 5.11 Å². The lowest BCUT2D eigenvalue weighted by atomic mass is 9.43. The van der Waals surface area contributed by atoms with E-state index >= 15 is 0 Å². The first-order chi connectivity index (χ1) is 17.8. The van der Waals surface area contributed by atoms with Crippen molar-refractivity contribution >= 4 is 11.8 Å². The van der Waals surface area contributed by atoms with Crippen molar-refractivity contribution in [1.82, 2.24) is 0 Å². The number of rotatable bonds is 7. The first-order valence-corrected chi connectivity index (χ1v) is 16.9. The van der Waals surface area contributed by atoms with Crippen LogP contribution in [0.15, 0.2) is 46.4 Å². The molecule has 1 aromatic rings. The molecule has 212 valence electrons. The molecule has 0 aliphatic heterocycles. The highest BCUT2D eigenvalue weighted by molar-refractivity contribution is 8.00. The zero-order chi connectivity index (χ0) is 27.5. The van der Waals surface area contributed by atoms with Crippen LogP contribution in [-0.2, 0) is 0 Å². The van der Waals surface area contributed by atoms with E-state index < -0.39 is 0 Å².